The number of halogens is 1. The summed E-state index contributed by atoms with van der Waals surface area (Å²) in [6, 6.07) is 5.18. The maximum absolute atomic E-state index is 14.7. The number of carbonyl (C=O) groups is 1. The van der Waals surface area contributed by atoms with E-state index in [9.17, 15) is 14.3 Å². The molecule has 9 nitrogen and oxygen atoms in total. The minimum absolute atomic E-state index is 0.247. The monoisotopic (exact) mass is 477 g/mol. The third-order valence-corrected chi connectivity index (χ3v) is 7.39. The van der Waals surface area contributed by atoms with Gasteiger partial charge in [-0.05, 0) is 50.7 Å². The van der Waals surface area contributed by atoms with Gasteiger partial charge in [-0.15, -0.1) is 0 Å². The summed E-state index contributed by atoms with van der Waals surface area (Å²) in [5.74, 6) is 0.354. The lowest BCUT2D eigenvalue weighted by molar-refractivity contribution is 0.0874. The third-order valence-electron chi connectivity index (χ3n) is 7.39. The fourth-order valence-corrected chi connectivity index (χ4v) is 5.54. The SMILES string of the molecule is CNc1cc(-c2cn([C@H]3CCC[C@H]3F)c3ncccc23)nc2c(C(=O)NC3CCC[C@H]3O)cnn12. The van der Waals surface area contributed by atoms with E-state index in [4.69, 9.17) is 4.98 Å². The maximum atomic E-state index is 14.7. The van der Waals surface area contributed by atoms with Crippen LogP contribution in [-0.2, 0) is 0 Å². The van der Waals surface area contributed by atoms with Crippen LogP contribution in [0.15, 0.2) is 36.8 Å². The Bertz CT molecular complexity index is 1410. The van der Waals surface area contributed by atoms with Crippen molar-refractivity contribution in [3.63, 3.8) is 0 Å². The number of nitrogens with zero attached hydrogens (tertiary/aromatic N) is 5. The van der Waals surface area contributed by atoms with Crippen molar-refractivity contribution >= 4 is 28.4 Å². The van der Waals surface area contributed by atoms with Gasteiger partial charge in [-0.1, -0.05) is 0 Å². The summed E-state index contributed by atoms with van der Waals surface area (Å²) in [5.41, 5.74) is 2.94. The Morgan fingerprint density at radius 3 is 2.80 bits per heavy atom. The highest BCUT2D eigenvalue weighted by Gasteiger charge is 2.31. The zero-order chi connectivity index (χ0) is 24.1. The summed E-state index contributed by atoms with van der Waals surface area (Å²) in [6.45, 7) is 0. The van der Waals surface area contributed by atoms with Gasteiger partial charge in [0.2, 0.25) is 0 Å². The van der Waals surface area contributed by atoms with Crippen molar-refractivity contribution in [1.29, 1.82) is 0 Å². The molecule has 2 fully saturated rings. The van der Waals surface area contributed by atoms with E-state index in [0.717, 1.165) is 42.3 Å². The number of alkyl halides is 1. The molecule has 3 N–H and O–H groups in total. The molecule has 10 heteroatoms. The Balaban J connectivity index is 1.47. The molecule has 0 aliphatic heterocycles. The largest absolute Gasteiger partial charge is 0.391 e. The van der Waals surface area contributed by atoms with E-state index in [1.54, 1.807) is 17.8 Å². The molecule has 2 aliphatic carbocycles. The summed E-state index contributed by atoms with van der Waals surface area (Å²) < 4.78 is 18.2. The Morgan fingerprint density at radius 1 is 1.20 bits per heavy atom. The number of amides is 1. The number of fused-ring (bicyclic) bond motifs is 2. The molecular weight excluding hydrogens is 449 g/mol. The average Bonchev–Trinajstić information content (AvgIpc) is 3.65. The van der Waals surface area contributed by atoms with Gasteiger partial charge in [0, 0.05) is 36.5 Å². The fourth-order valence-electron chi connectivity index (χ4n) is 5.54. The number of nitrogens with one attached hydrogen (secondary N) is 2. The third kappa shape index (κ3) is 3.63. The fraction of sp³-hybridized carbons (Fsp3) is 0.440. The summed E-state index contributed by atoms with van der Waals surface area (Å²) in [4.78, 5) is 22.5. The van der Waals surface area contributed by atoms with Gasteiger partial charge in [-0.2, -0.15) is 9.61 Å². The summed E-state index contributed by atoms with van der Waals surface area (Å²) in [7, 11) is 1.78. The van der Waals surface area contributed by atoms with E-state index in [0.29, 0.717) is 35.6 Å². The minimum Gasteiger partial charge on any atom is -0.391 e. The highest BCUT2D eigenvalue weighted by molar-refractivity contribution is 6.01. The molecule has 6 rings (SSSR count). The zero-order valence-corrected chi connectivity index (χ0v) is 19.5. The molecule has 4 aromatic heterocycles. The Labute approximate surface area is 201 Å². The van der Waals surface area contributed by atoms with Crippen LogP contribution in [0.2, 0.25) is 0 Å². The van der Waals surface area contributed by atoms with E-state index < -0.39 is 12.3 Å². The summed E-state index contributed by atoms with van der Waals surface area (Å²) in [5, 5.41) is 21.5. The number of rotatable bonds is 5. The molecule has 35 heavy (non-hydrogen) atoms. The Morgan fingerprint density at radius 2 is 2.06 bits per heavy atom. The Kier molecular flexibility index (Phi) is 5.40. The van der Waals surface area contributed by atoms with Gasteiger partial charge in [0.15, 0.2) is 5.65 Å². The molecule has 182 valence electrons. The van der Waals surface area contributed by atoms with Gasteiger partial charge >= 0.3 is 0 Å². The smallest absolute Gasteiger partial charge is 0.257 e. The second-order valence-electron chi connectivity index (χ2n) is 9.49. The first kappa shape index (κ1) is 22.0. The van der Waals surface area contributed by atoms with E-state index in [-0.39, 0.29) is 18.0 Å². The van der Waals surface area contributed by atoms with Crippen LogP contribution in [-0.4, -0.2) is 60.5 Å². The second kappa shape index (κ2) is 8.60. The molecule has 0 bridgehead atoms. The van der Waals surface area contributed by atoms with Crippen molar-refractivity contribution in [2.24, 2.45) is 0 Å². The summed E-state index contributed by atoms with van der Waals surface area (Å²) >= 11 is 0. The number of aliphatic hydroxyl groups excluding tert-OH is 1. The molecule has 2 aliphatic rings. The number of anilines is 1. The standard InChI is InChI=1S/C25H28FN7O2/c1-27-22-11-19(16-13-32(20-8-2-6-17(20)26)23-14(16)5-4-10-28-23)30-24-15(12-29-33(22)24)25(35)31-18-7-3-9-21(18)34/h4-5,10-13,17-18,20-21,27,34H,2-3,6-9H2,1H3,(H,31,35)/t17-,18?,20+,21-/m1/s1. The number of aromatic nitrogens is 5. The van der Waals surface area contributed by atoms with Crippen molar-refractivity contribution in [3.05, 3.63) is 42.4 Å². The predicted octanol–water partition coefficient (Wildman–Crippen LogP) is 3.49. The molecule has 4 heterocycles. The van der Waals surface area contributed by atoms with Gasteiger partial charge in [-0.3, -0.25) is 4.79 Å². The number of hydrogen-bond acceptors (Lipinski definition) is 6. The molecule has 4 atom stereocenters. The van der Waals surface area contributed by atoms with Crippen LogP contribution >= 0.6 is 0 Å². The van der Waals surface area contributed by atoms with Crippen LogP contribution in [0.3, 0.4) is 0 Å². The highest BCUT2D eigenvalue weighted by atomic mass is 19.1. The first-order valence-corrected chi connectivity index (χ1v) is 12.2. The number of aliphatic hydroxyl groups is 1. The van der Waals surface area contributed by atoms with Gasteiger partial charge in [0.25, 0.3) is 5.91 Å². The van der Waals surface area contributed by atoms with Crippen LogP contribution in [0.4, 0.5) is 10.2 Å². The normalized spacial score (nSPS) is 24.4. The molecule has 0 aromatic carbocycles. The van der Waals surface area contributed by atoms with E-state index in [1.165, 1.54) is 6.20 Å². The lowest BCUT2D eigenvalue weighted by atomic mass is 10.1. The topological polar surface area (TPSA) is 109 Å². The van der Waals surface area contributed by atoms with Crippen LogP contribution in [0.5, 0.6) is 0 Å². The van der Waals surface area contributed by atoms with Gasteiger partial charge < -0.3 is 20.3 Å². The molecule has 0 spiro atoms. The molecule has 0 radical (unpaired) electrons. The van der Waals surface area contributed by atoms with Crippen LogP contribution in [0, 0.1) is 0 Å². The molecule has 0 saturated heterocycles. The molecular formula is C25H28FN7O2. The molecule has 2 saturated carbocycles. The van der Waals surface area contributed by atoms with Crippen LogP contribution in [0.25, 0.3) is 27.9 Å². The van der Waals surface area contributed by atoms with Crippen LogP contribution in [0.1, 0.15) is 54.9 Å². The zero-order valence-electron chi connectivity index (χ0n) is 19.5. The maximum Gasteiger partial charge on any atom is 0.257 e. The molecule has 1 amide bonds. The van der Waals surface area contributed by atoms with Gasteiger partial charge in [0.05, 0.1) is 30.1 Å². The number of pyridine rings is 1. The van der Waals surface area contributed by atoms with Crippen molar-refractivity contribution in [1.82, 2.24) is 29.5 Å². The first-order valence-electron chi connectivity index (χ1n) is 12.2. The van der Waals surface area contributed by atoms with Gasteiger partial charge in [-0.25, -0.2) is 14.4 Å². The van der Waals surface area contributed by atoms with Crippen molar-refractivity contribution < 1.29 is 14.3 Å². The van der Waals surface area contributed by atoms with E-state index in [2.05, 4.69) is 20.7 Å². The van der Waals surface area contributed by atoms with Crippen molar-refractivity contribution in [3.8, 4) is 11.3 Å². The quantitative estimate of drug-likeness (QED) is 0.406. The van der Waals surface area contributed by atoms with Crippen molar-refractivity contribution in [2.75, 3.05) is 12.4 Å². The molecule has 4 aromatic rings. The van der Waals surface area contributed by atoms with Crippen LogP contribution < -0.4 is 10.6 Å². The molecule has 1 unspecified atom stereocenters. The average molecular weight is 478 g/mol. The van der Waals surface area contributed by atoms with E-state index >= 15 is 0 Å². The second-order valence-corrected chi connectivity index (χ2v) is 9.49. The van der Waals surface area contributed by atoms with Gasteiger partial charge in [0.1, 0.15) is 23.2 Å². The van der Waals surface area contributed by atoms with Crippen molar-refractivity contribution in [2.45, 2.75) is 62.9 Å². The lowest BCUT2D eigenvalue weighted by Gasteiger charge is -2.16. The lowest BCUT2D eigenvalue weighted by Crippen LogP contribution is -2.39. The number of hydrogen-bond donors (Lipinski definition) is 3. The van der Waals surface area contributed by atoms with E-state index in [1.807, 2.05) is 29.0 Å². The minimum atomic E-state index is -0.903. The summed E-state index contributed by atoms with van der Waals surface area (Å²) in [6.07, 6.45) is 8.21. The predicted molar refractivity (Wildman–Crippen MR) is 130 cm³/mol. The first-order chi connectivity index (χ1) is 17.0. The highest BCUT2D eigenvalue weighted by Crippen LogP contribution is 2.38. The number of carbonyl (C=O) groups excluding carboxylic acids is 1. The Hall–Kier alpha value is -3.53.